The molecule has 34 heavy (non-hydrogen) atoms. The zero-order valence-corrected chi connectivity index (χ0v) is 20.4. The molecule has 7 heteroatoms. The number of imide groups is 2. The number of rotatable bonds is 3. The monoisotopic (exact) mass is 462 g/mol. The summed E-state index contributed by atoms with van der Waals surface area (Å²) in [6.45, 7) is 10.8. The SMILES string of the molecule is Cc1ccc(N2C(=O)C[C@@H](C3(C(C)C)C(=O)N(C(=O)OC(C)(C)C)c4ccccc43)C2=O)cc1. The van der Waals surface area contributed by atoms with Crippen molar-refractivity contribution in [1.29, 1.82) is 0 Å². The first kappa shape index (κ1) is 23.7. The zero-order chi connectivity index (χ0) is 25.0. The summed E-state index contributed by atoms with van der Waals surface area (Å²) in [5.74, 6) is -2.64. The molecule has 2 aliphatic rings. The van der Waals surface area contributed by atoms with E-state index in [1.165, 1.54) is 4.90 Å². The van der Waals surface area contributed by atoms with Crippen molar-refractivity contribution >= 4 is 35.2 Å². The predicted molar refractivity (Wildman–Crippen MR) is 128 cm³/mol. The van der Waals surface area contributed by atoms with Crippen LogP contribution in [-0.4, -0.2) is 29.4 Å². The number of aryl methyl sites for hydroxylation is 1. The lowest BCUT2D eigenvalue weighted by molar-refractivity contribution is -0.133. The number of hydrogen-bond acceptors (Lipinski definition) is 5. The third kappa shape index (κ3) is 3.50. The van der Waals surface area contributed by atoms with E-state index >= 15 is 0 Å². The van der Waals surface area contributed by atoms with Gasteiger partial charge in [-0.2, -0.15) is 0 Å². The smallest absolute Gasteiger partial charge is 0.421 e. The Morgan fingerprint density at radius 1 is 1.03 bits per heavy atom. The molecule has 0 N–H and O–H groups in total. The average Bonchev–Trinajstić information content (AvgIpc) is 3.18. The van der Waals surface area contributed by atoms with Crippen LogP contribution in [0.5, 0.6) is 0 Å². The summed E-state index contributed by atoms with van der Waals surface area (Å²) in [5.41, 5.74) is 0.258. The summed E-state index contributed by atoms with van der Waals surface area (Å²) in [7, 11) is 0. The van der Waals surface area contributed by atoms with Crippen LogP contribution in [0.15, 0.2) is 48.5 Å². The van der Waals surface area contributed by atoms with Crippen LogP contribution in [0.1, 0.15) is 52.2 Å². The number of benzene rings is 2. The predicted octanol–water partition coefficient (Wildman–Crippen LogP) is 4.75. The van der Waals surface area contributed by atoms with Gasteiger partial charge in [0.15, 0.2) is 0 Å². The second kappa shape index (κ2) is 8.08. The summed E-state index contributed by atoms with van der Waals surface area (Å²) >= 11 is 0. The Labute approximate surface area is 199 Å². The van der Waals surface area contributed by atoms with E-state index in [1.807, 2.05) is 32.9 Å². The van der Waals surface area contributed by atoms with Gasteiger partial charge in [0.25, 0.3) is 0 Å². The number of carbonyl (C=O) groups excluding carboxylic acids is 4. The molecule has 1 unspecified atom stereocenters. The van der Waals surface area contributed by atoms with Crippen molar-refractivity contribution in [2.45, 2.75) is 59.0 Å². The minimum Gasteiger partial charge on any atom is -0.443 e. The maximum atomic E-state index is 14.1. The molecular formula is C27H30N2O5. The zero-order valence-electron chi connectivity index (χ0n) is 20.4. The molecule has 2 aliphatic heterocycles. The van der Waals surface area contributed by atoms with E-state index in [0.29, 0.717) is 16.9 Å². The number of fused-ring (bicyclic) bond motifs is 1. The number of amides is 4. The number of nitrogens with zero attached hydrogens (tertiary/aromatic N) is 2. The molecule has 1 saturated heterocycles. The summed E-state index contributed by atoms with van der Waals surface area (Å²) in [6, 6.07) is 14.1. The highest BCUT2D eigenvalue weighted by Gasteiger charge is 2.64. The van der Waals surface area contributed by atoms with Gasteiger partial charge in [0.05, 0.1) is 22.7 Å². The van der Waals surface area contributed by atoms with Crippen molar-refractivity contribution < 1.29 is 23.9 Å². The van der Waals surface area contributed by atoms with Crippen LogP contribution in [0.25, 0.3) is 0 Å². The molecule has 0 saturated carbocycles. The lowest BCUT2D eigenvalue weighted by Crippen LogP contribution is -2.53. The highest BCUT2D eigenvalue weighted by Crippen LogP contribution is 2.54. The molecule has 2 heterocycles. The Kier molecular flexibility index (Phi) is 5.62. The fourth-order valence-electron chi connectivity index (χ4n) is 5.17. The van der Waals surface area contributed by atoms with Gasteiger partial charge < -0.3 is 4.74 Å². The van der Waals surface area contributed by atoms with Crippen molar-refractivity contribution in [1.82, 2.24) is 0 Å². The van der Waals surface area contributed by atoms with Gasteiger partial charge in [-0.15, -0.1) is 0 Å². The molecule has 0 spiro atoms. The minimum absolute atomic E-state index is 0.118. The molecule has 4 amide bonds. The van der Waals surface area contributed by atoms with Crippen molar-refractivity contribution in [3.63, 3.8) is 0 Å². The second-order valence-electron chi connectivity index (χ2n) is 10.3. The molecule has 2 atom stereocenters. The minimum atomic E-state index is -1.38. The topological polar surface area (TPSA) is 84.0 Å². The third-order valence-corrected chi connectivity index (χ3v) is 6.62. The lowest BCUT2D eigenvalue weighted by atomic mass is 9.63. The van der Waals surface area contributed by atoms with Crippen molar-refractivity contribution in [2.24, 2.45) is 11.8 Å². The first-order valence-electron chi connectivity index (χ1n) is 11.5. The van der Waals surface area contributed by atoms with Crippen molar-refractivity contribution in [3.8, 4) is 0 Å². The number of ether oxygens (including phenoxy) is 1. The number of carbonyl (C=O) groups is 4. The molecule has 0 aliphatic carbocycles. The van der Waals surface area contributed by atoms with E-state index in [-0.39, 0.29) is 18.2 Å². The summed E-state index contributed by atoms with van der Waals surface area (Å²) < 4.78 is 5.54. The lowest BCUT2D eigenvalue weighted by Gasteiger charge is -2.36. The van der Waals surface area contributed by atoms with Gasteiger partial charge in [-0.1, -0.05) is 49.7 Å². The normalized spacial score (nSPS) is 22.6. The second-order valence-corrected chi connectivity index (χ2v) is 10.3. The molecule has 0 radical (unpaired) electrons. The molecule has 1 fully saturated rings. The van der Waals surface area contributed by atoms with E-state index in [0.717, 1.165) is 10.5 Å². The molecule has 178 valence electrons. The van der Waals surface area contributed by atoms with E-state index in [9.17, 15) is 19.2 Å². The van der Waals surface area contributed by atoms with Gasteiger partial charge in [-0.25, -0.2) is 9.69 Å². The van der Waals surface area contributed by atoms with E-state index < -0.39 is 34.8 Å². The fourth-order valence-corrected chi connectivity index (χ4v) is 5.17. The van der Waals surface area contributed by atoms with E-state index in [2.05, 4.69) is 0 Å². The number of para-hydroxylation sites is 1. The van der Waals surface area contributed by atoms with Crippen LogP contribution in [-0.2, 0) is 24.5 Å². The fraction of sp³-hybridized carbons (Fsp3) is 0.407. The van der Waals surface area contributed by atoms with Crippen molar-refractivity contribution in [2.75, 3.05) is 9.80 Å². The largest absolute Gasteiger partial charge is 0.443 e. The third-order valence-electron chi connectivity index (χ3n) is 6.62. The molecule has 7 nitrogen and oxygen atoms in total. The Balaban J connectivity index is 1.84. The van der Waals surface area contributed by atoms with E-state index in [1.54, 1.807) is 57.2 Å². The standard InChI is InChI=1S/C27H30N2O5/c1-16(2)27(20-15-22(30)28(23(20)31)18-13-11-17(3)12-14-18)19-9-7-8-10-21(19)29(24(27)32)25(33)34-26(4,5)6/h7-14,16,20H,15H2,1-6H3/t20-,27?/m1/s1. The van der Waals surface area contributed by atoms with Gasteiger partial charge in [0, 0.05) is 6.42 Å². The van der Waals surface area contributed by atoms with Crippen LogP contribution in [0.3, 0.4) is 0 Å². The first-order chi connectivity index (χ1) is 15.9. The maximum absolute atomic E-state index is 14.1. The molecule has 4 rings (SSSR count). The first-order valence-corrected chi connectivity index (χ1v) is 11.5. The van der Waals surface area contributed by atoms with Crippen LogP contribution < -0.4 is 9.80 Å². The number of hydrogen-bond donors (Lipinski definition) is 0. The van der Waals surface area contributed by atoms with Gasteiger partial charge >= 0.3 is 6.09 Å². The highest BCUT2D eigenvalue weighted by atomic mass is 16.6. The molecule has 2 aromatic carbocycles. The summed E-state index contributed by atoms with van der Waals surface area (Å²) in [6.07, 6.45) is -0.910. The van der Waals surface area contributed by atoms with Gasteiger partial charge in [0.2, 0.25) is 17.7 Å². The summed E-state index contributed by atoms with van der Waals surface area (Å²) in [4.78, 5) is 56.4. The van der Waals surface area contributed by atoms with Gasteiger partial charge in [-0.05, 0) is 57.4 Å². The van der Waals surface area contributed by atoms with Gasteiger partial charge in [0.1, 0.15) is 5.60 Å². The van der Waals surface area contributed by atoms with Crippen molar-refractivity contribution in [3.05, 3.63) is 59.7 Å². The molecule has 0 aromatic heterocycles. The Hall–Kier alpha value is -3.48. The molecule has 0 bridgehead atoms. The Morgan fingerprint density at radius 2 is 1.65 bits per heavy atom. The highest BCUT2D eigenvalue weighted by molar-refractivity contribution is 6.27. The number of anilines is 2. The Morgan fingerprint density at radius 3 is 2.24 bits per heavy atom. The summed E-state index contributed by atoms with van der Waals surface area (Å²) in [5, 5.41) is 0. The average molecular weight is 463 g/mol. The quantitative estimate of drug-likeness (QED) is 0.615. The van der Waals surface area contributed by atoms with Crippen LogP contribution >= 0.6 is 0 Å². The van der Waals surface area contributed by atoms with Crippen LogP contribution in [0.4, 0.5) is 16.2 Å². The molecular weight excluding hydrogens is 432 g/mol. The van der Waals surface area contributed by atoms with Gasteiger partial charge in [-0.3, -0.25) is 19.3 Å². The van der Waals surface area contributed by atoms with Crippen LogP contribution in [0, 0.1) is 18.8 Å². The Bertz CT molecular complexity index is 1180. The molecule has 2 aromatic rings. The van der Waals surface area contributed by atoms with E-state index in [4.69, 9.17) is 4.74 Å². The van der Waals surface area contributed by atoms with Crippen LogP contribution in [0.2, 0.25) is 0 Å². The maximum Gasteiger partial charge on any atom is 0.421 e.